The van der Waals surface area contributed by atoms with Crippen LogP contribution in [-0.2, 0) is 0 Å². The van der Waals surface area contributed by atoms with Crippen LogP contribution < -0.4 is 5.43 Å². The molecule has 0 aliphatic carbocycles. The number of rotatable bonds is 4. The van der Waals surface area contributed by atoms with Crippen molar-refractivity contribution in [2.45, 2.75) is 0 Å². The molecule has 0 fully saturated rings. The predicted octanol–water partition coefficient (Wildman–Crippen LogP) is 5.61. The molecule has 0 amide bonds. The first-order valence-corrected chi connectivity index (χ1v) is 8.44. The highest BCUT2D eigenvalue weighted by molar-refractivity contribution is 7.14. The fourth-order valence-corrected chi connectivity index (χ4v) is 3.13. The minimum atomic E-state index is 0.383. The number of pyridine rings is 1. The quantitative estimate of drug-likeness (QED) is 0.362. The van der Waals surface area contributed by atoms with Crippen molar-refractivity contribution in [1.82, 2.24) is 9.97 Å². The van der Waals surface area contributed by atoms with E-state index in [0.717, 1.165) is 11.3 Å². The van der Waals surface area contributed by atoms with Gasteiger partial charge in [0.15, 0.2) is 0 Å². The van der Waals surface area contributed by atoms with Crippen molar-refractivity contribution in [3.63, 3.8) is 0 Å². The summed E-state index contributed by atoms with van der Waals surface area (Å²) < 4.78 is 0. The lowest BCUT2D eigenvalue weighted by atomic mass is 10.2. The van der Waals surface area contributed by atoms with Crippen LogP contribution in [0, 0.1) is 0 Å². The van der Waals surface area contributed by atoms with Crippen molar-refractivity contribution in [2.24, 2.45) is 5.10 Å². The number of aromatic nitrogens is 2. The SMILES string of the molecule is Clc1cc(Cl)c(Cl)c(/C=N/Nc2nc(-c3cccnc3)cs2)c1. The molecule has 2 heterocycles. The third kappa shape index (κ3) is 4.00. The molecule has 0 bridgehead atoms. The minimum absolute atomic E-state index is 0.383. The molecule has 23 heavy (non-hydrogen) atoms. The summed E-state index contributed by atoms with van der Waals surface area (Å²) in [5, 5.41) is 7.98. The smallest absolute Gasteiger partial charge is 0.203 e. The van der Waals surface area contributed by atoms with Gasteiger partial charge in [0.1, 0.15) is 0 Å². The Morgan fingerprint density at radius 1 is 1.22 bits per heavy atom. The summed E-state index contributed by atoms with van der Waals surface area (Å²) in [5.74, 6) is 0. The molecule has 2 aromatic heterocycles. The molecule has 0 saturated carbocycles. The molecule has 0 aliphatic rings. The highest BCUT2D eigenvalue weighted by Crippen LogP contribution is 2.29. The number of hydrazone groups is 1. The number of anilines is 1. The molecule has 0 radical (unpaired) electrons. The van der Waals surface area contributed by atoms with Gasteiger partial charge in [0.25, 0.3) is 0 Å². The Hall–Kier alpha value is -1.66. The van der Waals surface area contributed by atoms with Gasteiger partial charge in [-0.15, -0.1) is 11.3 Å². The number of nitrogens with zero attached hydrogens (tertiary/aromatic N) is 3. The summed E-state index contributed by atoms with van der Waals surface area (Å²) >= 11 is 19.5. The van der Waals surface area contributed by atoms with E-state index in [1.54, 1.807) is 30.7 Å². The Balaban J connectivity index is 1.73. The van der Waals surface area contributed by atoms with E-state index in [1.807, 2.05) is 17.5 Å². The molecule has 4 nitrogen and oxygen atoms in total. The first kappa shape index (κ1) is 16.2. The summed E-state index contributed by atoms with van der Waals surface area (Å²) in [4.78, 5) is 8.51. The summed E-state index contributed by atoms with van der Waals surface area (Å²) in [6, 6.07) is 7.08. The number of hydrogen-bond donors (Lipinski definition) is 1. The van der Waals surface area contributed by atoms with Crippen LogP contribution in [0.3, 0.4) is 0 Å². The van der Waals surface area contributed by atoms with Crippen LogP contribution in [0.25, 0.3) is 11.3 Å². The number of nitrogens with one attached hydrogen (secondary N) is 1. The van der Waals surface area contributed by atoms with Gasteiger partial charge in [0, 0.05) is 33.9 Å². The third-order valence-electron chi connectivity index (χ3n) is 2.85. The van der Waals surface area contributed by atoms with Crippen LogP contribution in [0.2, 0.25) is 15.1 Å². The minimum Gasteiger partial charge on any atom is -0.264 e. The number of hydrogen-bond acceptors (Lipinski definition) is 5. The van der Waals surface area contributed by atoms with Gasteiger partial charge in [0.05, 0.1) is 22.0 Å². The average molecular weight is 384 g/mol. The lowest BCUT2D eigenvalue weighted by Gasteiger charge is -2.01. The molecule has 3 aromatic rings. The first-order valence-electron chi connectivity index (χ1n) is 6.43. The second kappa shape index (κ2) is 7.27. The predicted molar refractivity (Wildman–Crippen MR) is 98.0 cm³/mol. The molecular weight excluding hydrogens is 375 g/mol. The molecule has 0 aliphatic heterocycles. The second-order valence-electron chi connectivity index (χ2n) is 4.44. The van der Waals surface area contributed by atoms with Crippen LogP contribution in [0.15, 0.2) is 47.1 Å². The zero-order valence-corrected chi connectivity index (χ0v) is 14.6. The largest absolute Gasteiger partial charge is 0.264 e. The Kier molecular flexibility index (Phi) is 5.13. The molecule has 0 atom stereocenters. The zero-order valence-electron chi connectivity index (χ0n) is 11.5. The summed E-state index contributed by atoms with van der Waals surface area (Å²) in [5.41, 5.74) is 5.27. The van der Waals surface area contributed by atoms with Gasteiger partial charge in [-0.1, -0.05) is 34.8 Å². The van der Waals surface area contributed by atoms with E-state index >= 15 is 0 Å². The van der Waals surface area contributed by atoms with E-state index in [0.29, 0.717) is 25.8 Å². The van der Waals surface area contributed by atoms with Gasteiger partial charge >= 0.3 is 0 Å². The van der Waals surface area contributed by atoms with E-state index in [2.05, 4.69) is 20.5 Å². The molecule has 116 valence electrons. The molecule has 0 saturated heterocycles. The van der Waals surface area contributed by atoms with Crippen molar-refractivity contribution < 1.29 is 0 Å². The van der Waals surface area contributed by atoms with E-state index in [-0.39, 0.29) is 0 Å². The molecular formula is C15H9Cl3N4S. The van der Waals surface area contributed by atoms with Crippen LogP contribution in [0.5, 0.6) is 0 Å². The first-order chi connectivity index (χ1) is 11.1. The monoisotopic (exact) mass is 382 g/mol. The van der Waals surface area contributed by atoms with Gasteiger partial charge in [-0.25, -0.2) is 4.98 Å². The van der Waals surface area contributed by atoms with Crippen LogP contribution >= 0.6 is 46.1 Å². The molecule has 0 unspecified atom stereocenters. The Bertz CT molecular complexity index is 849. The maximum absolute atomic E-state index is 6.10. The Morgan fingerprint density at radius 2 is 2.09 bits per heavy atom. The number of halogens is 3. The van der Waals surface area contributed by atoms with E-state index in [1.165, 1.54) is 11.3 Å². The molecule has 1 N–H and O–H groups in total. The van der Waals surface area contributed by atoms with E-state index in [4.69, 9.17) is 34.8 Å². The van der Waals surface area contributed by atoms with Crippen molar-refractivity contribution in [1.29, 1.82) is 0 Å². The van der Waals surface area contributed by atoms with Gasteiger partial charge in [-0.3, -0.25) is 10.4 Å². The van der Waals surface area contributed by atoms with Gasteiger partial charge in [-0.2, -0.15) is 5.10 Å². The number of thiazole rings is 1. The van der Waals surface area contributed by atoms with Crippen molar-refractivity contribution >= 4 is 57.5 Å². The van der Waals surface area contributed by atoms with Crippen LogP contribution in [0.1, 0.15) is 5.56 Å². The van der Waals surface area contributed by atoms with Crippen molar-refractivity contribution in [3.8, 4) is 11.3 Å². The van der Waals surface area contributed by atoms with Crippen LogP contribution in [-0.4, -0.2) is 16.2 Å². The second-order valence-corrected chi connectivity index (χ2v) is 6.52. The van der Waals surface area contributed by atoms with Gasteiger partial charge in [-0.05, 0) is 24.3 Å². The van der Waals surface area contributed by atoms with E-state index < -0.39 is 0 Å². The summed E-state index contributed by atoms with van der Waals surface area (Å²) in [7, 11) is 0. The normalized spacial score (nSPS) is 11.1. The number of benzene rings is 1. The zero-order chi connectivity index (χ0) is 16.2. The van der Waals surface area contributed by atoms with Gasteiger partial charge in [0.2, 0.25) is 5.13 Å². The maximum Gasteiger partial charge on any atom is 0.203 e. The maximum atomic E-state index is 6.10. The van der Waals surface area contributed by atoms with E-state index in [9.17, 15) is 0 Å². The fraction of sp³-hybridized carbons (Fsp3) is 0. The Labute approximate surface area is 151 Å². The standard InChI is InChI=1S/C15H9Cl3N4S/c16-11-4-10(14(18)12(17)5-11)7-20-22-15-21-13(8-23-15)9-2-1-3-19-6-9/h1-8H,(H,21,22)/b20-7+. The lowest BCUT2D eigenvalue weighted by Crippen LogP contribution is -1.91. The molecule has 8 heteroatoms. The van der Waals surface area contributed by atoms with Crippen LogP contribution in [0.4, 0.5) is 5.13 Å². The highest BCUT2D eigenvalue weighted by Gasteiger charge is 2.06. The summed E-state index contributed by atoms with van der Waals surface area (Å²) in [6.07, 6.45) is 5.03. The third-order valence-corrected chi connectivity index (χ3v) is 4.63. The fourth-order valence-electron chi connectivity index (χ4n) is 1.80. The topological polar surface area (TPSA) is 50.2 Å². The van der Waals surface area contributed by atoms with Crippen molar-refractivity contribution in [3.05, 3.63) is 62.7 Å². The van der Waals surface area contributed by atoms with Crippen molar-refractivity contribution in [2.75, 3.05) is 5.43 Å². The molecule has 1 aromatic carbocycles. The molecule has 3 rings (SSSR count). The Morgan fingerprint density at radius 3 is 2.87 bits per heavy atom. The average Bonchev–Trinajstić information content (AvgIpc) is 3.02. The van der Waals surface area contributed by atoms with Gasteiger partial charge < -0.3 is 0 Å². The highest BCUT2D eigenvalue weighted by atomic mass is 35.5. The lowest BCUT2D eigenvalue weighted by molar-refractivity contribution is 1.27. The molecule has 0 spiro atoms. The summed E-state index contributed by atoms with van der Waals surface area (Å²) in [6.45, 7) is 0.